The van der Waals surface area contributed by atoms with Crippen molar-refractivity contribution in [3.63, 3.8) is 0 Å². The molecule has 0 fully saturated rings. The van der Waals surface area contributed by atoms with Gasteiger partial charge in [0.25, 0.3) is 10.0 Å². The molecule has 0 spiro atoms. The molecule has 1 heterocycles. The predicted octanol–water partition coefficient (Wildman–Crippen LogP) is 1.77. The average molecular weight is 330 g/mol. The van der Waals surface area contributed by atoms with E-state index in [4.69, 9.17) is 17.3 Å². The molecule has 0 aliphatic rings. The highest BCUT2D eigenvalue weighted by atomic mass is 35.5. The van der Waals surface area contributed by atoms with Crippen molar-refractivity contribution < 1.29 is 17.6 Å². The molecule has 0 saturated carbocycles. The molecule has 0 radical (unpaired) electrons. The van der Waals surface area contributed by atoms with Gasteiger partial charge in [-0.2, -0.15) is 8.42 Å². The number of aromatic nitrogens is 1. The highest BCUT2D eigenvalue weighted by Gasteiger charge is 2.21. The first-order valence-electron chi connectivity index (χ1n) is 5.54. The molecule has 1 aromatic carbocycles. The van der Waals surface area contributed by atoms with Crippen molar-refractivity contribution in [3.05, 3.63) is 52.9 Å². The number of halogens is 2. The highest BCUT2D eigenvalue weighted by molar-refractivity contribution is 7.92. The minimum atomic E-state index is -4.23. The Morgan fingerprint density at radius 3 is 2.67 bits per heavy atom. The number of pyridine rings is 1. The summed E-state index contributed by atoms with van der Waals surface area (Å²) in [6.45, 7) is 0. The fourth-order valence-electron chi connectivity index (χ4n) is 1.55. The average Bonchev–Trinajstić information content (AvgIpc) is 2.40. The number of rotatable bonds is 4. The zero-order valence-electron chi connectivity index (χ0n) is 10.4. The number of nitrogens with one attached hydrogen (secondary N) is 1. The van der Waals surface area contributed by atoms with Crippen molar-refractivity contribution in [2.75, 3.05) is 4.72 Å². The van der Waals surface area contributed by atoms with Crippen LogP contribution < -0.4 is 10.5 Å². The first-order chi connectivity index (χ1) is 9.81. The van der Waals surface area contributed by atoms with E-state index in [1.165, 1.54) is 18.2 Å². The maximum Gasteiger partial charge on any atom is 0.282 e. The summed E-state index contributed by atoms with van der Waals surface area (Å²) in [4.78, 5) is 14.6. The van der Waals surface area contributed by atoms with Crippen LogP contribution in [0.2, 0.25) is 5.02 Å². The summed E-state index contributed by atoms with van der Waals surface area (Å²) in [5, 5.41) is -0.671. The van der Waals surface area contributed by atoms with Gasteiger partial charge >= 0.3 is 0 Å². The lowest BCUT2D eigenvalue weighted by Gasteiger charge is -2.09. The minimum absolute atomic E-state index is 0.0123. The second-order valence-electron chi connectivity index (χ2n) is 3.95. The van der Waals surface area contributed by atoms with Gasteiger partial charge in [-0.1, -0.05) is 11.6 Å². The molecule has 0 aliphatic carbocycles. The lowest BCUT2D eigenvalue weighted by atomic mass is 10.2. The van der Waals surface area contributed by atoms with Crippen molar-refractivity contribution in [1.29, 1.82) is 0 Å². The van der Waals surface area contributed by atoms with Crippen LogP contribution in [-0.4, -0.2) is 19.3 Å². The largest absolute Gasteiger partial charge is 0.366 e. The van der Waals surface area contributed by atoms with E-state index in [-0.39, 0.29) is 16.3 Å². The lowest BCUT2D eigenvalue weighted by molar-refractivity contribution is 0.100. The molecule has 0 saturated heterocycles. The maximum absolute atomic E-state index is 13.5. The monoisotopic (exact) mass is 329 g/mol. The van der Waals surface area contributed by atoms with Crippen molar-refractivity contribution in [3.8, 4) is 0 Å². The van der Waals surface area contributed by atoms with Crippen LogP contribution in [0.4, 0.5) is 10.1 Å². The summed E-state index contributed by atoms with van der Waals surface area (Å²) < 4.78 is 39.6. The fourth-order valence-corrected chi connectivity index (χ4v) is 2.82. The number of sulfonamides is 1. The zero-order chi connectivity index (χ0) is 15.6. The standard InChI is InChI=1S/C12H9ClFN3O3S/c13-9-4-3-7(6-8(9)11(15)18)17-21(19,20)12-10(14)2-1-5-16-12/h1-6,17H,(H2,15,18). The van der Waals surface area contributed by atoms with Crippen molar-refractivity contribution in [2.45, 2.75) is 5.03 Å². The van der Waals surface area contributed by atoms with Gasteiger partial charge in [0.1, 0.15) is 0 Å². The van der Waals surface area contributed by atoms with E-state index >= 15 is 0 Å². The SMILES string of the molecule is NC(=O)c1cc(NS(=O)(=O)c2ncccc2F)ccc1Cl. The molecule has 1 aromatic heterocycles. The van der Waals surface area contributed by atoms with E-state index in [1.54, 1.807) is 0 Å². The molecule has 0 atom stereocenters. The van der Waals surface area contributed by atoms with Crippen LogP contribution in [0.3, 0.4) is 0 Å². The van der Waals surface area contributed by atoms with Crippen LogP contribution in [0.15, 0.2) is 41.6 Å². The van der Waals surface area contributed by atoms with Crippen LogP contribution >= 0.6 is 11.6 Å². The van der Waals surface area contributed by atoms with Crippen molar-refractivity contribution in [2.24, 2.45) is 5.73 Å². The van der Waals surface area contributed by atoms with Gasteiger partial charge in [0.15, 0.2) is 5.82 Å². The number of hydrogen-bond acceptors (Lipinski definition) is 4. The molecule has 0 unspecified atom stereocenters. The minimum Gasteiger partial charge on any atom is -0.366 e. The third-order valence-corrected chi connectivity index (χ3v) is 4.11. The van der Waals surface area contributed by atoms with Crippen LogP contribution in [0.5, 0.6) is 0 Å². The fraction of sp³-hybridized carbons (Fsp3) is 0. The molecular weight excluding hydrogens is 321 g/mol. The third-order valence-electron chi connectivity index (χ3n) is 2.46. The number of anilines is 1. The molecule has 0 bridgehead atoms. The summed E-state index contributed by atoms with van der Waals surface area (Å²) >= 11 is 5.75. The topological polar surface area (TPSA) is 102 Å². The maximum atomic E-state index is 13.5. The van der Waals surface area contributed by atoms with Gasteiger partial charge in [0, 0.05) is 11.9 Å². The molecule has 9 heteroatoms. The number of benzene rings is 1. The third kappa shape index (κ3) is 3.29. The Balaban J connectivity index is 2.40. The molecule has 1 amide bonds. The van der Waals surface area contributed by atoms with E-state index in [0.717, 1.165) is 18.3 Å². The Labute approximate surface area is 124 Å². The van der Waals surface area contributed by atoms with Gasteiger partial charge < -0.3 is 5.73 Å². The van der Waals surface area contributed by atoms with Gasteiger partial charge in [0.05, 0.1) is 10.6 Å². The number of carbonyl (C=O) groups is 1. The molecule has 6 nitrogen and oxygen atoms in total. The highest BCUT2D eigenvalue weighted by Crippen LogP contribution is 2.22. The number of nitrogens with two attached hydrogens (primary N) is 1. The van der Waals surface area contributed by atoms with Crippen LogP contribution in [0.25, 0.3) is 0 Å². The first-order valence-corrected chi connectivity index (χ1v) is 7.40. The van der Waals surface area contributed by atoms with E-state index in [2.05, 4.69) is 9.71 Å². The number of primary amides is 1. The summed E-state index contributed by atoms with van der Waals surface area (Å²) in [6, 6.07) is 6.00. The van der Waals surface area contributed by atoms with Crippen LogP contribution in [0, 0.1) is 5.82 Å². The smallest absolute Gasteiger partial charge is 0.282 e. The van der Waals surface area contributed by atoms with Gasteiger partial charge in [-0.25, -0.2) is 9.37 Å². The Morgan fingerprint density at radius 1 is 1.33 bits per heavy atom. The summed E-state index contributed by atoms with van der Waals surface area (Å²) in [7, 11) is -4.23. The first kappa shape index (κ1) is 15.2. The van der Waals surface area contributed by atoms with Gasteiger partial charge in [0.2, 0.25) is 10.9 Å². The van der Waals surface area contributed by atoms with E-state index < -0.39 is 26.8 Å². The summed E-state index contributed by atoms with van der Waals surface area (Å²) in [6.07, 6.45) is 1.15. The molecule has 3 N–H and O–H groups in total. The van der Waals surface area contributed by atoms with Gasteiger partial charge in [-0.15, -0.1) is 0 Å². The van der Waals surface area contributed by atoms with Gasteiger partial charge in [-0.05, 0) is 30.3 Å². The van der Waals surface area contributed by atoms with Gasteiger partial charge in [-0.3, -0.25) is 9.52 Å². The molecular formula is C12H9ClFN3O3S. The van der Waals surface area contributed by atoms with Crippen LogP contribution in [0.1, 0.15) is 10.4 Å². The number of amides is 1. The number of hydrogen-bond donors (Lipinski definition) is 2. The van der Waals surface area contributed by atoms with E-state index in [1.807, 2.05) is 0 Å². The Bertz CT molecular complexity index is 811. The molecule has 110 valence electrons. The van der Waals surface area contributed by atoms with E-state index in [0.29, 0.717) is 0 Å². The normalized spacial score (nSPS) is 11.1. The Hall–Kier alpha value is -2.19. The Morgan fingerprint density at radius 2 is 2.05 bits per heavy atom. The second-order valence-corrected chi connectivity index (χ2v) is 5.96. The molecule has 0 aliphatic heterocycles. The molecule has 2 aromatic rings. The summed E-state index contributed by atoms with van der Waals surface area (Å²) in [5.74, 6) is -1.81. The lowest BCUT2D eigenvalue weighted by Crippen LogP contribution is -2.17. The van der Waals surface area contributed by atoms with E-state index in [9.17, 15) is 17.6 Å². The molecule has 21 heavy (non-hydrogen) atoms. The second kappa shape index (κ2) is 5.66. The summed E-state index contributed by atoms with van der Waals surface area (Å²) in [5.41, 5.74) is 5.06. The number of carbonyl (C=O) groups excluding carboxylic acids is 1. The van der Waals surface area contributed by atoms with Crippen molar-refractivity contribution >= 4 is 33.2 Å². The quantitative estimate of drug-likeness (QED) is 0.892. The predicted molar refractivity (Wildman–Crippen MR) is 75.0 cm³/mol. The number of nitrogens with zero attached hydrogens (tertiary/aromatic N) is 1. The Kier molecular flexibility index (Phi) is 4.10. The zero-order valence-corrected chi connectivity index (χ0v) is 12.0. The molecule has 2 rings (SSSR count). The van der Waals surface area contributed by atoms with Crippen molar-refractivity contribution in [1.82, 2.24) is 4.98 Å². The van der Waals surface area contributed by atoms with Crippen LogP contribution in [-0.2, 0) is 10.0 Å².